The van der Waals surface area contributed by atoms with Gasteiger partial charge in [0.25, 0.3) is 0 Å². The first kappa shape index (κ1) is 15.0. The highest BCUT2D eigenvalue weighted by Gasteiger charge is 2.19. The first-order chi connectivity index (χ1) is 9.92. The van der Waals surface area contributed by atoms with Crippen molar-refractivity contribution in [2.45, 2.75) is 26.3 Å². The molecule has 5 N–H and O–H groups in total. The smallest absolute Gasteiger partial charge is 0.314 e. The predicted molar refractivity (Wildman–Crippen MR) is 81.2 cm³/mol. The Morgan fingerprint density at radius 2 is 1.86 bits per heavy atom. The van der Waals surface area contributed by atoms with E-state index in [1.165, 1.54) is 0 Å². The predicted octanol–water partition coefficient (Wildman–Crippen LogP) is 0.528. The monoisotopic (exact) mass is 290 g/mol. The molecule has 0 aliphatic carbocycles. The highest BCUT2D eigenvalue weighted by atomic mass is 16.2. The van der Waals surface area contributed by atoms with Crippen molar-refractivity contribution in [3.05, 3.63) is 38.9 Å². The van der Waals surface area contributed by atoms with Gasteiger partial charge in [0, 0.05) is 5.69 Å². The van der Waals surface area contributed by atoms with Crippen molar-refractivity contribution >= 4 is 22.6 Å². The van der Waals surface area contributed by atoms with Gasteiger partial charge in [-0.3, -0.25) is 14.4 Å². The summed E-state index contributed by atoms with van der Waals surface area (Å²) in [7, 11) is 0. The maximum atomic E-state index is 12.0. The van der Waals surface area contributed by atoms with Gasteiger partial charge < -0.3 is 21.0 Å². The molecule has 0 saturated heterocycles. The van der Waals surface area contributed by atoms with E-state index >= 15 is 0 Å². The van der Waals surface area contributed by atoms with Gasteiger partial charge in [0.05, 0.1) is 17.1 Å². The Bertz CT molecular complexity index is 778. The molecule has 0 fully saturated rings. The number of nitrogens with two attached hydrogens (primary N) is 1. The van der Waals surface area contributed by atoms with E-state index in [0.29, 0.717) is 16.7 Å². The first-order valence-corrected chi connectivity index (χ1v) is 6.75. The van der Waals surface area contributed by atoms with Crippen molar-refractivity contribution in [1.29, 1.82) is 0 Å². The molecule has 0 bridgehead atoms. The number of H-pyrrole nitrogens is 2. The lowest BCUT2D eigenvalue weighted by atomic mass is 9.99. The molecule has 0 unspecified atom stereocenters. The van der Waals surface area contributed by atoms with Gasteiger partial charge in [0.1, 0.15) is 0 Å². The summed E-state index contributed by atoms with van der Waals surface area (Å²) in [5, 5.41) is 2.71. The zero-order chi connectivity index (χ0) is 15.6. The number of carbonyl (C=O) groups is 1. The fourth-order valence-corrected chi connectivity index (χ4v) is 1.93. The van der Waals surface area contributed by atoms with Crippen molar-refractivity contribution in [3.63, 3.8) is 0 Å². The van der Waals surface area contributed by atoms with E-state index in [-0.39, 0.29) is 11.8 Å². The van der Waals surface area contributed by atoms with E-state index in [1.807, 2.05) is 13.8 Å². The van der Waals surface area contributed by atoms with E-state index in [2.05, 4.69) is 15.3 Å². The summed E-state index contributed by atoms with van der Waals surface area (Å²) in [6.45, 7) is 3.88. The number of benzene rings is 1. The molecule has 1 amide bonds. The molecular formula is C14H18N4O3. The molecule has 0 radical (unpaired) electrons. The lowest BCUT2D eigenvalue weighted by Gasteiger charge is -2.17. The minimum absolute atomic E-state index is 0.0709. The average Bonchev–Trinajstić information content (AvgIpc) is 2.47. The van der Waals surface area contributed by atoms with Crippen molar-refractivity contribution in [1.82, 2.24) is 9.97 Å². The first-order valence-electron chi connectivity index (χ1n) is 6.75. The molecule has 0 aliphatic heterocycles. The summed E-state index contributed by atoms with van der Waals surface area (Å²) in [6, 6.07) is 4.23. The third kappa shape index (κ3) is 3.19. The van der Waals surface area contributed by atoms with E-state index in [0.717, 1.165) is 6.42 Å². The van der Waals surface area contributed by atoms with Crippen LogP contribution < -0.4 is 22.2 Å². The normalized spacial score (nSPS) is 13.9. The van der Waals surface area contributed by atoms with Crippen LogP contribution in [0.2, 0.25) is 0 Å². The topological polar surface area (TPSA) is 121 Å². The van der Waals surface area contributed by atoms with E-state index in [4.69, 9.17) is 5.73 Å². The van der Waals surface area contributed by atoms with Gasteiger partial charge in [-0.05, 0) is 24.1 Å². The van der Waals surface area contributed by atoms with Gasteiger partial charge in [0.2, 0.25) is 5.91 Å². The summed E-state index contributed by atoms with van der Waals surface area (Å²) in [4.78, 5) is 39.4. The molecule has 1 heterocycles. The van der Waals surface area contributed by atoms with Gasteiger partial charge in [-0.15, -0.1) is 0 Å². The van der Waals surface area contributed by atoms with Gasteiger partial charge in [-0.25, -0.2) is 0 Å². The molecule has 21 heavy (non-hydrogen) atoms. The Morgan fingerprint density at radius 1 is 1.24 bits per heavy atom. The van der Waals surface area contributed by atoms with Crippen LogP contribution in [0.15, 0.2) is 27.8 Å². The molecule has 1 aromatic carbocycles. The molecule has 2 aromatic rings. The number of hydrogen-bond acceptors (Lipinski definition) is 4. The third-order valence-electron chi connectivity index (χ3n) is 3.55. The molecule has 2 atom stereocenters. The molecule has 2 rings (SSSR count). The Balaban J connectivity index is 2.27. The standard InChI is InChI=1S/C14H18N4O3/c1-3-7(2)11(15)12(19)16-8-4-5-9-10(6-8)18-14(21)13(20)17-9/h4-7,11H,3,15H2,1-2H3,(H,16,19)(H,17,20)(H,18,21)/t7-,11-/m0/s1. The highest BCUT2D eigenvalue weighted by Crippen LogP contribution is 2.15. The number of nitrogens with one attached hydrogen (secondary N) is 3. The van der Waals surface area contributed by atoms with Crippen LogP contribution in [0.3, 0.4) is 0 Å². The summed E-state index contributed by atoms with van der Waals surface area (Å²) in [5.74, 6) is -0.211. The lowest BCUT2D eigenvalue weighted by molar-refractivity contribution is -0.118. The zero-order valence-electron chi connectivity index (χ0n) is 11.9. The number of fused-ring (bicyclic) bond motifs is 1. The SMILES string of the molecule is CC[C@H](C)[C@H](N)C(=O)Nc1ccc2[nH]c(=O)c(=O)[nH]c2c1. The van der Waals surface area contributed by atoms with Crippen LogP contribution in [0.4, 0.5) is 5.69 Å². The summed E-state index contributed by atoms with van der Waals surface area (Å²) < 4.78 is 0. The van der Waals surface area contributed by atoms with Crippen LogP contribution in [-0.2, 0) is 4.79 Å². The Kier molecular flexibility index (Phi) is 4.23. The maximum absolute atomic E-state index is 12.0. The quantitative estimate of drug-likeness (QED) is 0.614. The molecule has 0 saturated carbocycles. The summed E-state index contributed by atoms with van der Waals surface area (Å²) in [5.41, 5.74) is 5.85. The van der Waals surface area contributed by atoms with Crippen LogP contribution in [0.1, 0.15) is 20.3 Å². The van der Waals surface area contributed by atoms with E-state index in [1.54, 1.807) is 18.2 Å². The second-order valence-corrected chi connectivity index (χ2v) is 5.07. The van der Waals surface area contributed by atoms with Crippen LogP contribution in [0.25, 0.3) is 11.0 Å². The zero-order valence-corrected chi connectivity index (χ0v) is 11.9. The molecule has 0 spiro atoms. The van der Waals surface area contributed by atoms with Crippen LogP contribution in [-0.4, -0.2) is 21.9 Å². The summed E-state index contributed by atoms with van der Waals surface area (Å²) >= 11 is 0. The number of hydrogen-bond donors (Lipinski definition) is 4. The molecular weight excluding hydrogens is 272 g/mol. The number of anilines is 1. The minimum atomic E-state index is -0.734. The van der Waals surface area contributed by atoms with Gasteiger partial charge >= 0.3 is 11.1 Å². The van der Waals surface area contributed by atoms with Crippen molar-refractivity contribution in [2.24, 2.45) is 11.7 Å². The number of carbonyl (C=O) groups excluding carboxylic acids is 1. The maximum Gasteiger partial charge on any atom is 0.314 e. The number of aromatic nitrogens is 2. The van der Waals surface area contributed by atoms with Crippen molar-refractivity contribution in [2.75, 3.05) is 5.32 Å². The third-order valence-corrected chi connectivity index (χ3v) is 3.55. The van der Waals surface area contributed by atoms with Gasteiger partial charge in [-0.2, -0.15) is 0 Å². The molecule has 7 heteroatoms. The summed E-state index contributed by atoms with van der Waals surface area (Å²) in [6.07, 6.45) is 0.806. The van der Waals surface area contributed by atoms with Crippen LogP contribution in [0, 0.1) is 5.92 Å². The van der Waals surface area contributed by atoms with Gasteiger partial charge in [-0.1, -0.05) is 20.3 Å². The Labute approximate surface area is 120 Å². The molecule has 1 aromatic heterocycles. The second-order valence-electron chi connectivity index (χ2n) is 5.07. The minimum Gasteiger partial charge on any atom is -0.325 e. The molecule has 0 aliphatic rings. The highest BCUT2D eigenvalue weighted by molar-refractivity contribution is 5.96. The fraction of sp³-hybridized carbons (Fsp3) is 0.357. The van der Waals surface area contributed by atoms with Crippen molar-refractivity contribution < 1.29 is 4.79 Å². The Morgan fingerprint density at radius 3 is 2.48 bits per heavy atom. The van der Waals surface area contributed by atoms with E-state index < -0.39 is 17.2 Å². The number of rotatable bonds is 4. The number of aromatic amines is 2. The van der Waals surface area contributed by atoms with Crippen LogP contribution in [0.5, 0.6) is 0 Å². The second kappa shape index (κ2) is 5.92. The number of amides is 1. The lowest BCUT2D eigenvalue weighted by Crippen LogP contribution is -2.40. The van der Waals surface area contributed by atoms with E-state index in [9.17, 15) is 14.4 Å². The largest absolute Gasteiger partial charge is 0.325 e. The molecule has 7 nitrogen and oxygen atoms in total. The fourth-order valence-electron chi connectivity index (χ4n) is 1.93. The van der Waals surface area contributed by atoms with Crippen molar-refractivity contribution in [3.8, 4) is 0 Å². The average molecular weight is 290 g/mol. The Hall–Kier alpha value is -2.41. The van der Waals surface area contributed by atoms with Gasteiger partial charge in [0.15, 0.2) is 0 Å². The molecule has 112 valence electrons. The van der Waals surface area contributed by atoms with Crippen LogP contribution >= 0.6 is 0 Å².